The van der Waals surface area contributed by atoms with Crippen LogP contribution < -0.4 is 10.2 Å². The van der Waals surface area contributed by atoms with Crippen molar-refractivity contribution in [3.63, 3.8) is 0 Å². The average molecular weight is 304 g/mol. The summed E-state index contributed by atoms with van der Waals surface area (Å²) in [7, 11) is 0. The van der Waals surface area contributed by atoms with Gasteiger partial charge in [-0.1, -0.05) is 18.3 Å². The van der Waals surface area contributed by atoms with E-state index in [-0.39, 0.29) is 11.8 Å². The third-order valence-corrected chi connectivity index (χ3v) is 4.81. The first-order valence-corrected chi connectivity index (χ1v) is 8.34. The Morgan fingerprint density at radius 2 is 2.48 bits per heavy atom. The van der Waals surface area contributed by atoms with Crippen molar-refractivity contribution in [3.05, 3.63) is 18.3 Å². The number of amides is 1. The molecule has 1 fully saturated rings. The molecule has 1 atom stereocenters. The number of thiazole rings is 1. The summed E-state index contributed by atoms with van der Waals surface area (Å²) in [5.74, 6) is 0.256. The van der Waals surface area contributed by atoms with Gasteiger partial charge in [0.2, 0.25) is 5.91 Å². The van der Waals surface area contributed by atoms with Crippen LogP contribution in [0.3, 0.4) is 0 Å². The highest BCUT2D eigenvalue weighted by molar-refractivity contribution is 7.21. The van der Waals surface area contributed by atoms with Crippen molar-refractivity contribution in [3.8, 4) is 0 Å². The minimum atomic E-state index is 0.0743. The summed E-state index contributed by atoms with van der Waals surface area (Å²) in [6.07, 6.45) is 4.77. The molecule has 0 radical (unpaired) electrons. The van der Waals surface area contributed by atoms with Crippen LogP contribution in [-0.4, -0.2) is 35.5 Å². The van der Waals surface area contributed by atoms with Crippen LogP contribution in [0.25, 0.3) is 10.3 Å². The van der Waals surface area contributed by atoms with E-state index in [1.54, 1.807) is 17.5 Å². The van der Waals surface area contributed by atoms with Crippen LogP contribution in [0.2, 0.25) is 0 Å². The van der Waals surface area contributed by atoms with Gasteiger partial charge < -0.3 is 10.2 Å². The van der Waals surface area contributed by atoms with Crippen molar-refractivity contribution in [1.82, 2.24) is 15.3 Å². The smallest absolute Gasteiger partial charge is 0.224 e. The molecule has 0 aliphatic carbocycles. The zero-order valence-corrected chi connectivity index (χ0v) is 13.0. The van der Waals surface area contributed by atoms with Crippen LogP contribution in [0.1, 0.15) is 26.2 Å². The van der Waals surface area contributed by atoms with Gasteiger partial charge in [0.15, 0.2) is 5.13 Å². The Labute approximate surface area is 128 Å². The molecule has 0 spiro atoms. The molecule has 0 saturated carbocycles. The second-order valence-electron chi connectivity index (χ2n) is 5.40. The molecule has 1 amide bonds. The lowest BCUT2D eigenvalue weighted by Crippen LogP contribution is -2.43. The van der Waals surface area contributed by atoms with E-state index < -0.39 is 0 Å². The SMILES string of the molecule is CCCNC(=O)[C@@H]1CCCN(c2nc3cccnc3s2)C1. The molecule has 1 N–H and O–H groups in total. The van der Waals surface area contributed by atoms with Gasteiger partial charge in [-0.05, 0) is 31.4 Å². The monoisotopic (exact) mass is 304 g/mol. The van der Waals surface area contributed by atoms with Gasteiger partial charge >= 0.3 is 0 Å². The Balaban J connectivity index is 1.72. The fourth-order valence-electron chi connectivity index (χ4n) is 2.65. The Bertz CT molecular complexity index is 594. The number of carbonyl (C=O) groups is 1. The highest BCUT2D eigenvalue weighted by atomic mass is 32.1. The van der Waals surface area contributed by atoms with E-state index in [0.717, 1.165) is 54.4 Å². The van der Waals surface area contributed by atoms with Crippen LogP contribution >= 0.6 is 11.3 Å². The van der Waals surface area contributed by atoms with Gasteiger partial charge in [-0.3, -0.25) is 4.79 Å². The molecule has 5 nitrogen and oxygen atoms in total. The Kier molecular flexibility index (Phi) is 4.34. The number of piperidine rings is 1. The zero-order chi connectivity index (χ0) is 14.7. The van der Waals surface area contributed by atoms with E-state index in [0.29, 0.717) is 0 Å². The summed E-state index contributed by atoms with van der Waals surface area (Å²) in [6, 6.07) is 3.89. The number of hydrogen-bond acceptors (Lipinski definition) is 5. The van der Waals surface area contributed by atoms with E-state index in [2.05, 4.69) is 27.1 Å². The number of nitrogens with zero attached hydrogens (tertiary/aromatic N) is 3. The molecule has 21 heavy (non-hydrogen) atoms. The van der Waals surface area contributed by atoms with E-state index in [1.165, 1.54) is 0 Å². The lowest BCUT2D eigenvalue weighted by atomic mass is 9.97. The van der Waals surface area contributed by atoms with Gasteiger partial charge in [-0.2, -0.15) is 0 Å². The van der Waals surface area contributed by atoms with Crippen LogP contribution in [0.4, 0.5) is 5.13 Å². The van der Waals surface area contributed by atoms with Crippen LogP contribution in [-0.2, 0) is 4.79 Å². The van der Waals surface area contributed by atoms with Crippen molar-refractivity contribution >= 4 is 32.7 Å². The second kappa shape index (κ2) is 6.39. The first kappa shape index (κ1) is 14.3. The largest absolute Gasteiger partial charge is 0.356 e. The number of rotatable bonds is 4. The van der Waals surface area contributed by atoms with Crippen molar-refractivity contribution in [2.45, 2.75) is 26.2 Å². The molecule has 0 bridgehead atoms. The predicted molar refractivity (Wildman–Crippen MR) is 85.7 cm³/mol. The molecule has 0 unspecified atom stereocenters. The first-order chi connectivity index (χ1) is 10.3. The van der Waals surface area contributed by atoms with Gasteiger partial charge in [0.25, 0.3) is 0 Å². The Hall–Kier alpha value is -1.69. The van der Waals surface area contributed by atoms with Gasteiger partial charge in [0.1, 0.15) is 10.3 Å². The number of hydrogen-bond donors (Lipinski definition) is 1. The maximum atomic E-state index is 12.1. The fourth-order valence-corrected chi connectivity index (χ4v) is 3.59. The Morgan fingerprint density at radius 3 is 3.29 bits per heavy atom. The van der Waals surface area contributed by atoms with Gasteiger partial charge in [0.05, 0.1) is 5.92 Å². The number of nitrogens with one attached hydrogen (secondary N) is 1. The quantitative estimate of drug-likeness (QED) is 0.942. The topological polar surface area (TPSA) is 58.1 Å². The summed E-state index contributed by atoms with van der Waals surface area (Å²) >= 11 is 1.61. The molecular weight excluding hydrogens is 284 g/mol. The molecule has 1 aliphatic heterocycles. The van der Waals surface area contributed by atoms with E-state index in [1.807, 2.05) is 12.1 Å². The van der Waals surface area contributed by atoms with Crippen molar-refractivity contribution < 1.29 is 4.79 Å². The summed E-state index contributed by atoms with van der Waals surface area (Å²) in [5, 5.41) is 3.99. The predicted octanol–water partition coefficient (Wildman–Crippen LogP) is 2.43. The van der Waals surface area contributed by atoms with Crippen molar-refractivity contribution in [1.29, 1.82) is 0 Å². The number of fused-ring (bicyclic) bond motifs is 1. The molecule has 1 saturated heterocycles. The summed E-state index contributed by atoms with van der Waals surface area (Å²) in [5.41, 5.74) is 0.940. The standard InChI is InChI=1S/C15H20N4OS/c1-2-7-16-13(20)11-5-4-9-19(10-11)15-18-12-6-3-8-17-14(12)21-15/h3,6,8,11H,2,4-5,7,9-10H2,1H3,(H,16,20)/t11-/m1/s1. The molecule has 1 aliphatic rings. The molecular formula is C15H20N4OS. The normalized spacial score (nSPS) is 18.9. The van der Waals surface area contributed by atoms with E-state index in [9.17, 15) is 4.79 Å². The van der Waals surface area contributed by atoms with Gasteiger partial charge in [-0.25, -0.2) is 9.97 Å². The second-order valence-corrected chi connectivity index (χ2v) is 6.36. The number of anilines is 1. The molecule has 3 rings (SSSR count). The highest BCUT2D eigenvalue weighted by Crippen LogP contribution is 2.30. The van der Waals surface area contributed by atoms with Crippen molar-refractivity contribution in [2.75, 3.05) is 24.5 Å². The average Bonchev–Trinajstić information content (AvgIpc) is 2.97. The number of pyridine rings is 1. The number of aromatic nitrogens is 2. The number of carbonyl (C=O) groups excluding carboxylic acids is 1. The summed E-state index contributed by atoms with van der Waals surface area (Å²) in [4.78, 5) is 24.3. The maximum Gasteiger partial charge on any atom is 0.224 e. The lowest BCUT2D eigenvalue weighted by Gasteiger charge is -2.31. The lowest BCUT2D eigenvalue weighted by molar-refractivity contribution is -0.125. The fraction of sp³-hybridized carbons (Fsp3) is 0.533. The molecule has 2 aromatic rings. The molecule has 2 aromatic heterocycles. The molecule has 3 heterocycles. The minimum Gasteiger partial charge on any atom is -0.356 e. The van der Waals surface area contributed by atoms with Crippen molar-refractivity contribution in [2.24, 2.45) is 5.92 Å². The summed E-state index contributed by atoms with van der Waals surface area (Å²) in [6.45, 7) is 4.56. The third kappa shape index (κ3) is 3.15. The maximum absolute atomic E-state index is 12.1. The minimum absolute atomic E-state index is 0.0743. The Morgan fingerprint density at radius 1 is 1.57 bits per heavy atom. The van der Waals surface area contributed by atoms with Gasteiger partial charge in [-0.15, -0.1) is 0 Å². The zero-order valence-electron chi connectivity index (χ0n) is 12.2. The van der Waals surface area contributed by atoms with E-state index in [4.69, 9.17) is 0 Å². The first-order valence-electron chi connectivity index (χ1n) is 7.52. The van der Waals surface area contributed by atoms with Crippen LogP contribution in [0.5, 0.6) is 0 Å². The summed E-state index contributed by atoms with van der Waals surface area (Å²) < 4.78 is 0. The molecule has 0 aromatic carbocycles. The van der Waals surface area contributed by atoms with Gasteiger partial charge in [0, 0.05) is 25.8 Å². The highest BCUT2D eigenvalue weighted by Gasteiger charge is 2.27. The molecule has 6 heteroatoms. The van der Waals surface area contributed by atoms with Crippen LogP contribution in [0.15, 0.2) is 18.3 Å². The van der Waals surface area contributed by atoms with Crippen LogP contribution in [0, 0.1) is 5.92 Å². The third-order valence-electron chi connectivity index (χ3n) is 3.77. The van der Waals surface area contributed by atoms with E-state index >= 15 is 0 Å². The molecule has 112 valence electrons.